The van der Waals surface area contributed by atoms with Gasteiger partial charge in [-0.15, -0.1) is 0 Å². The van der Waals surface area contributed by atoms with E-state index in [2.05, 4.69) is 169 Å². The lowest BCUT2D eigenvalue weighted by Gasteiger charge is -2.34. The van der Waals surface area contributed by atoms with Crippen LogP contribution in [0.3, 0.4) is 0 Å². The van der Waals surface area contributed by atoms with Crippen molar-refractivity contribution in [3.8, 4) is 0 Å². The Hall–Kier alpha value is -5.12. The first-order valence-corrected chi connectivity index (χ1v) is 18.0. The number of anilines is 2. The second kappa shape index (κ2) is 10.5. The van der Waals surface area contributed by atoms with Crippen molar-refractivity contribution < 1.29 is 4.42 Å². The van der Waals surface area contributed by atoms with Gasteiger partial charge in [0.2, 0.25) is 0 Å². The Balaban J connectivity index is 1.28. The Morgan fingerprint density at radius 1 is 0.556 bits per heavy atom. The summed E-state index contributed by atoms with van der Waals surface area (Å²) in [7, 11) is -2.65. The average Bonchev–Trinajstić information content (AvgIpc) is 3.65. The maximum atomic E-state index is 6.52. The zero-order valence-electron chi connectivity index (χ0n) is 25.0. The molecule has 0 saturated carbocycles. The normalized spacial score (nSPS) is 17.5. The molecule has 2 heterocycles. The van der Waals surface area contributed by atoms with Gasteiger partial charge in [-0.2, -0.15) is 0 Å². The molecule has 1 aliphatic heterocycles. The van der Waals surface area contributed by atoms with Crippen molar-refractivity contribution in [1.82, 2.24) is 0 Å². The van der Waals surface area contributed by atoms with Crippen LogP contribution in [0, 0.1) is 0 Å². The van der Waals surface area contributed by atoms with E-state index in [1.54, 1.807) is 0 Å². The Morgan fingerprint density at radius 2 is 1.13 bits per heavy atom. The molecule has 0 N–H and O–H groups in total. The third-order valence-electron chi connectivity index (χ3n) is 10.1. The second-order valence-corrected chi connectivity index (χ2v) is 16.2. The minimum Gasteiger partial charge on any atom is -0.456 e. The van der Waals surface area contributed by atoms with Gasteiger partial charge in [0, 0.05) is 34.1 Å². The lowest BCUT2D eigenvalue weighted by atomic mass is 9.87. The Bertz CT molecular complexity index is 2090. The topological polar surface area (TPSA) is 16.4 Å². The molecule has 2 atom stereocenters. The summed E-state index contributed by atoms with van der Waals surface area (Å²) in [5.74, 6) is 0.438. The van der Waals surface area contributed by atoms with E-state index in [-0.39, 0.29) is 0 Å². The molecule has 1 aliphatic carbocycles. The molecule has 6 aromatic carbocycles. The monoisotopic (exact) mass is 595 g/mol. The van der Waals surface area contributed by atoms with E-state index in [9.17, 15) is 0 Å². The van der Waals surface area contributed by atoms with E-state index in [0.717, 1.165) is 24.0 Å². The van der Waals surface area contributed by atoms with Crippen LogP contribution in [0.4, 0.5) is 11.4 Å². The predicted octanol–water partition coefficient (Wildman–Crippen LogP) is 7.92. The summed E-state index contributed by atoms with van der Waals surface area (Å²) in [5.41, 5.74) is 5.87. The quantitative estimate of drug-likeness (QED) is 0.114. The minimum absolute atomic E-state index is 0.438. The third kappa shape index (κ3) is 4.01. The predicted molar refractivity (Wildman–Crippen MR) is 191 cm³/mol. The molecule has 0 fully saturated rings. The highest BCUT2D eigenvalue weighted by Gasteiger charge is 2.42. The zero-order valence-corrected chi connectivity index (χ0v) is 26.0. The zero-order chi connectivity index (χ0) is 29.8. The Morgan fingerprint density at radius 3 is 1.80 bits per heavy atom. The van der Waals surface area contributed by atoms with Gasteiger partial charge < -0.3 is 9.32 Å². The number of hydrogen-bond donors (Lipinski definition) is 0. The van der Waals surface area contributed by atoms with Crippen molar-refractivity contribution in [3.05, 3.63) is 169 Å². The molecule has 2 nitrogen and oxygen atoms in total. The summed E-state index contributed by atoms with van der Waals surface area (Å²) in [6, 6.07) is 56.5. The number of allylic oxidation sites excluding steroid dienone is 1. The van der Waals surface area contributed by atoms with E-state index in [4.69, 9.17) is 4.42 Å². The van der Waals surface area contributed by atoms with Crippen molar-refractivity contribution in [2.24, 2.45) is 0 Å². The van der Waals surface area contributed by atoms with Crippen LogP contribution in [0.5, 0.6) is 0 Å². The smallest absolute Gasteiger partial charge is 0.179 e. The van der Waals surface area contributed by atoms with Gasteiger partial charge in [0.05, 0.1) is 0 Å². The SMILES string of the molecule is C1=CC2c3ccccc3N(c3ccc4oc5ccc([Si](c6ccccc6)(c6ccccc6)c6ccccc6)cc5c4c3)C2CC1. The summed E-state index contributed by atoms with van der Waals surface area (Å²) < 4.78 is 6.52. The standard InChI is InChI=1S/C42H33NOSi/c1-4-14-31(15-5-1)45(32-16-6-2-7-17-32,33-18-8-3-9-19-33)34-25-27-42-38(29-34)37-28-30(24-26-41(37)44-42)43-39-22-12-10-20-35(39)36-21-11-13-23-40(36)43/h1-12,14-22,24-29,36,40H,13,23H2. The summed E-state index contributed by atoms with van der Waals surface area (Å²) in [6.07, 6.45) is 7.06. The van der Waals surface area contributed by atoms with Crippen LogP contribution in [0.25, 0.3) is 21.9 Å². The van der Waals surface area contributed by atoms with Crippen molar-refractivity contribution in [2.45, 2.75) is 24.8 Å². The molecule has 2 unspecified atom stereocenters. The molecule has 0 spiro atoms. The highest BCUT2D eigenvalue weighted by Crippen LogP contribution is 2.49. The van der Waals surface area contributed by atoms with E-state index in [1.165, 1.54) is 48.5 Å². The summed E-state index contributed by atoms with van der Waals surface area (Å²) in [5, 5.41) is 7.84. The number of nitrogens with zero attached hydrogens (tertiary/aromatic N) is 1. The maximum absolute atomic E-state index is 6.52. The molecule has 0 bridgehead atoms. The third-order valence-corrected chi connectivity index (χ3v) is 14.8. The molecular weight excluding hydrogens is 563 g/mol. The number of hydrogen-bond acceptors (Lipinski definition) is 2. The number of para-hydroxylation sites is 1. The fraction of sp³-hybridized carbons (Fsp3) is 0.0952. The molecule has 9 rings (SSSR count). The second-order valence-electron chi connectivity index (χ2n) is 12.4. The number of fused-ring (bicyclic) bond motifs is 6. The number of rotatable bonds is 5. The average molecular weight is 596 g/mol. The Labute approximate surface area is 264 Å². The lowest BCUT2D eigenvalue weighted by Crippen LogP contribution is -2.74. The van der Waals surface area contributed by atoms with Crippen LogP contribution in [0.2, 0.25) is 0 Å². The molecule has 0 saturated heterocycles. The van der Waals surface area contributed by atoms with Crippen molar-refractivity contribution >= 4 is 62.1 Å². The van der Waals surface area contributed by atoms with Gasteiger partial charge in [-0.05, 0) is 69.5 Å². The van der Waals surface area contributed by atoms with Gasteiger partial charge in [0.15, 0.2) is 8.07 Å². The first kappa shape index (κ1) is 26.3. The lowest BCUT2D eigenvalue weighted by molar-refractivity contribution is 0.565. The number of furan rings is 1. The highest BCUT2D eigenvalue weighted by atomic mass is 28.3. The first-order chi connectivity index (χ1) is 22.3. The molecule has 1 aromatic heterocycles. The maximum Gasteiger partial charge on any atom is 0.179 e. The van der Waals surface area contributed by atoms with Gasteiger partial charge in [-0.3, -0.25) is 0 Å². The van der Waals surface area contributed by atoms with Crippen molar-refractivity contribution in [1.29, 1.82) is 0 Å². The largest absolute Gasteiger partial charge is 0.456 e. The van der Waals surface area contributed by atoms with Crippen LogP contribution < -0.4 is 25.6 Å². The Kier molecular flexibility index (Phi) is 6.14. The van der Waals surface area contributed by atoms with Gasteiger partial charge >= 0.3 is 0 Å². The van der Waals surface area contributed by atoms with E-state index in [0.29, 0.717) is 12.0 Å². The molecule has 3 heteroatoms. The molecular formula is C42H33NOSi. The van der Waals surface area contributed by atoms with Crippen molar-refractivity contribution in [2.75, 3.05) is 4.90 Å². The highest BCUT2D eigenvalue weighted by molar-refractivity contribution is 7.20. The summed E-state index contributed by atoms with van der Waals surface area (Å²) in [4.78, 5) is 2.59. The van der Waals surface area contributed by atoms with Gasteiger partial charge in [0.1, 0.15) is 11.2 Å². The van der Waals surface area contributed by atoms with E-state index < -0.39 is 8.07 Å². The van der Waals surface area contributed by atoms with Crippen LogP contribution in [0.1, 0.15) is 24.3 Å². The van der Waals surface area contributed by atoms with Crippen LogP contribution in [0.15, 0.2) is 168 Å². The molecule has 0 amide bonds. The molecule has 2 aliphatic rings. The van der Waals surface area contributed by atoms with Crippen LogP contribution in [-0.4, -0.2) is 14.1 Å². The van der Waals surface area contributed by atoms with E-state index >= 15 is 0 Å². The summed E-state index contributed by atoms with van der Waals surface area (Å²) >= 11 is 0. The minimum atomic E-state index is -2.65. The number of benzene rings is 6. The van der Waals surface area contributed by atoms with E-state index in [1.807, 2.05) is 0 Å². The van der Waals surface area contributed by atoms with Crippen LogP contribution in [-0.2, 0) is 0 Å². The molecule has 0 radical (unpaired) electrons. The van der Waals surface area contributed by atoms with Crippen LogP contribution >= 0.6 is 0 Å². The molecule has 7 aromatic rings. The van der Waals surface area contributed by atoms with Gasteiger partial charge in [-0.1, -0.05) is 133 Å². The van der Waals surface area contributed by atoms with Crippen molar-refractivity contribution in [3.63, 3.8) is 0 Å². The fourth-order valence-electron chi connectivity index (χ4n) is 8.13. The molecule has 216 valence electrons. The van der Waals surface area contributed by atoms with Gasteiger partial charge in [-0.25, -0.2) is 0 Å². The van der Waals surface area contributed by atoms with Gasteiger partial charge in [0.25, 0.3) is 0 Å². The molecule has 45 heavy (non-hydrogen) atoms. The fourth-order valence-corrected chi connectivity index (χ4v) is 12.9. The first-order valence-electron chi connectivity index (χ1n) is 16.0. The summed E-state index contributed by atoms with van der Waals surface area (Å²) in [6.45, 7) is 0.